The molecule has 0 unspecified atom stereocenters. The average Bonchev–Trinajstić information content (AvgIpc) is 3.56. The minimum absolute atomic E-state index is 0.280. The zero-order valence-corrected chi connectivity index (χ0v) is 19.3. The minimum Gasteiger partial charge on any atom is -0.463 e. The Kier molecular flexibility index (Phi) is 5.72. The summed E-state index contributed by atoms with van der Waals surface area (Å²) >= 11 is 1.47. The van der Waals surface area contributed by atoms with Gasteiger partial charge in [0.2, 0.25) is 0 Å². The summed E-state index contributed by atoms with van der Waals surface area (Å²) in [5.74, 6) is 0.459. The van der Waals surface area contributed by atoms with Crippen LogP contribution in [-0.2, 0) is 17.6 Å². The predicted octanol–water partition coefficient (Wildman–Crippen LogP) is 4.99. The second-order valence-electron chi connectivity index (χ2n) is 8.00. The average molecular weight is 465 g/mol. The molecule has 0 saturated carbocycles. The molecule has 1 N–H and O–H groups in total. The van der Waals surface area contributed by atoms with Crippen LogP contribution in [0.5, 0.6) is 0 Å². The first-order chi connectivity index (χ1) is 16.1. The fourth-order valence-electron chi connectivity index (χ4n) is 4.34. The summed E-state index contributed by atoms with van der Waals surface area (Å²) < 4.78 is 12.4. The number of nitrogens with one attached hydrogen (secondary N) is 1. The second kappa shape index (κ2) is 8.82. The second-order valence-corrected chi connectivity index (χ2v) is 9.11. The van der Waals surface area contributed by atoms with E-state index in [1.54, 1.807) is 36.0 Å². The Hall–Kier alpha value is -3.46. The molecule has 1 atom stereocenters. The number of fused-ring (bicyclic) bond motifs is 2. The molecule has 0 fully saturated rings. The van der Waals surface area contributed by atoms with Crippen LogP contribution < -0.4 is 5.32 Å². The van der Waals surface area contributed by atoms with Gasteiger partial charge in [-0.2, -0.15) is 5.10 Å². The molecule has 33 heavy (non-hydrogen) atoms. The standard InChI is InChI=1S/C24H24N4O4S/c1-3-14-7-8-15-19(12-14)33-23(20(15)24(30)31-4-2)27-22(29)16-13-26-28-17(9-10-25-21(16)28)18-6-5-11-32-18/h5-6,9-11,13-14H,3-4,7-8,12H2,1-2H3,(H,27,29)/t14-/m1/s1. The summed E-state index contributed by atoms with van der Waals surface area (Å²) in [4.78, 5) is 31.6. The van der Waals surface area contributed by atoms with Crippen LogP contribution in [-0.4, -0.2) is 33.1 Å². The number of carbonyl (C=O) groups is 2. The van der Waals surface area contributed by atoms with Crippen LogP contribution >= 0.6 is 11.3 Å². The maximum atomic E-state index is 13.3. The summed E-state index contributed by atoms with van der Waals surface area (Å²) in [6.07, 6.45) is 8.55. The van der Waals surface area contributed by atoms with Crippen molar-refractivity contribution >= 4 is 33.9 Å². The molecule has 4 heterocycles. The van der Waals surface area contributed by atoms with E-state index in [2.05, 4.69) is 22.3 Å². The molecule has 4 aromatic heterocycles. The van der Waals surface area contributed by atoms with Crippen molar-refractivity contribution in [2.45, 2.75) is 39.5 Å². The van der Waals surface area contributed by atoms with Crippen molar-refractivity contribution in [2.24, 2.45) is 5.92 Å². The van der Waals surface area contributed by atoms with Crippen LogP contribution in [0.25, 0.3) is 17.1 Å². The molecule has 0 saturated heterocycles. The molecule has 170 valence electrons. The zero-order chi connectivity index (χ0) is 22.9. The normalized spacial score (nSPS) is 15.4. The molecule has 0 bridgehead atoms. The van der Waals surface area contributed by atoms with Gasteiger partial charge in [0.1, 0.15) is 16.3 Å². The van der Waals surface area contributed by atoms with Crippen molar-refractivity contribution in [1.82, 2.24) is 14.6 Å². The maximum absolute atomic E-state index is 13.3. The number of nitrogens with zero attached hydrogens (tertiary/aromatic N) is 3. The minimum atomic E-state index is -0.390. The SMILES string of the molecule is CCOC(=O)c1c(NC(=O)c2cnn3c(-c4ccco4)ccnc23)sc2c1CC[C@@H](CC)C2. The van der Waals surface area contributed by atoms with Crippen molar-refractivity contribution in [3.63, 3.8) is 0 Å². The van der Waals surface area contributed by atoms with Crippen LogP contribution in [0.2, 0.25) is 0 Å². The van der Waals surface area contributed by atoms with E-state index in [1.165, 1.54) is 17.5 Å². The molecular weight excluding hydrogens is 440 g/mol. The number of thiophene rings is 1. The number of esters is 1. The van der Waals surface area contributed by atoms with E-state index in [0.29, 0.717) is 39.1 Å². The van der Waals surface area contributed by atoms with Gasteiger partial charge in [0.15, 0.2) is 11.4 Å². The molecule has 5 rings (SSSR count). The van der Waals surface area contributed by atoms with Crippen LogP contribution in [0.4, 0.5) is 5.00 Å². The third kappa shape index (κ3) is 3.82. The Morgan fingerprint density at radius 1 is 1.33 bits per heavy atom. The van der Waals surface area contributed by atoms with Gasteiger partial charge in [0, 0.05) is 11.1 Å². The van der Waals surface area contributed by atoms with Gasteiger partial charge in [-0.15, -0.1) is 11.3 Å². The Morgan fingerprint density at radius 3 is 2.97 bits per heavy atom. The van der Waals surface area contributed by atoms with E-state index >= 15 is 0 Å². The van der Waals surface area contributed by atoms with Gasteiger partial charge in [0.05, 0.1) is 24.6 Å². The first-order valence-corrected chi connectivity index (χ1v) is 11.9. The summed E-state index contributed by atoms with van der Waals surface area (Å²) in [6, 6.07) is 5.38. The number of amides is 1. The Balaban J connectivity index is 1.50. The summed E-state index contributed by atoms with van der Waals surface area (Å²) in [7, 11) is 0. The Labute approximate surface area is 194 Å². The Bertz CT molecular complexity index is 1320. The van der Waals surface area contributed by atoms with Gasteiger partial charge in [-0.1, -0.05) is 13.3 Å². The van der Waals surface area contributed by atoms with E-state index in [1.807, 2.05) is 6.07 Å². The van der Waals surface area contributed by atoms with Crippen molar-refractivity contribution in [3.8, 4) is 11.5 Å². The molecule has 8 nitrogen and oxygen atoms in total. The zero-order valence-electron chi connectivity index (χ0n) is 18.5. The number of rotatable bonds is 6. The highest BCUT2D eigenvalue weighted by Crippen LogP contribution is 2.41. The van der Waals surface area contributed by atoms with Crippen molar-refractivity contribution in [3.05, 3.63) is 58.4 Å². The fraction of sp³-hybridized carbons (Fsp3) is 0.333. The lowest BCUT2D eigenvalue weighted by Gasteiger charge is -2.20. The monoisotopic (exact) mass is 464 g/mol. The van der Waals surface area contributed by atoms with Crippen LogP contribution in [0.1, 0.15) is 57.8 Å². The smallest absolute Gasteiger partial charge is 0.341 e. The molecular formula is C24H24N4O4S. The molecule has 1 aliphatic rings. The highest BCUT2D eigenvalue weighted by Gasteiger charge is 2.30. The number of aromatic nitrogens is 3. The molecule has 4 aromatic rings. The van der Waals surface area contributed by atoms with E-state index in [0.717, 1.165) is 36.1 Å². The van der Waals surface area contributed by atoms with E-state index in [4.69, 9.17) is 9.15 Å². The molecule has 0 aromatic carbocycles. The van der Waals surface area contributed by atoms with Gasteiger partial charge < -0.3 is 14.5 Å². The molecule has 0 aliphatic heterocycles. The summed E-state index contributed by atoms with van der Waals surface area (Å²) in [5, 5.41) is 7.84. The molecule has 1 aliphatic carbocycles. The lowest BCUT2D eigenvalue weighted by molar-refractivity contribution is 0.0526. The molecule has 1 amide bonds. The summed E-state index contributed by atoms with van der Waals surface area (Å²) in [5.41, 5.74) is 2.91. The quantitative estimate of drug-likeness (QED) is 0.404. The van der Waals surface area contributed by atoms with Gasteiger partial charge in [0.25, 0.3) is 5.91 Å². The predicted molar refractivity (Wildman–Crippen MR) is 125 cm³/mol. The molecule has 9 heteroatoms. The third-order valence-electron chi connectivity index (χ3n) is 6.07. The first kappa shape index (κ1) is 21.4. The van der Waals surface area contributed by atoms with Crippen LogP contribution in [0.3, 0.4) is 0 Å². The highest BCUT2D eigenvalue weighted by atomic mass is 32.1. The largest absolute Gasteiger partial charge is 0.463 e. The van der Waals surface area contributed by atoms with Crippen molar-refractivity contribution in [1.29, 1.82) is 0 Å². The fourth-order valence-corrected chi connectivity index (χ4v) is 5.69. The molecule has 0 spiro atoms. The number of ether oxygens (including phenoxy) is 1. The third-order valence-corrected chi connectivity index (χ3v) is 7.24. The summed E-state index contributed by atoms with van der Waals surface area (Å²) in [6.45, 7) is 4.25. The number of furan rings is 1. The number of hydrogen-bond donors (Lipinski definition) is 1. The molecule has 0 radical (unpaired) electrons. The first-order valence-electron chi connectivity index (χ1n) is 11.1. The van der Waals surface area contributed by atoms with Gasteiger partial charge >= 0.3 is 5.97 Å². The van der Waals surface area contributed by atoms with Gasteiger partial charge in [-0.25, -0.2) is 14.3 Å². The lowest BCUT2D eigenvalue weighted by Crippen LogP contribution is -2.17. The van der Waals surface area contributed by atoms with Crippen LogP contribution in [0, 0.1) is 5.92 Å². The van der Waals surface area contributed by atoms with Crippen molar-refractivity contribution < 1.29 is 18.7 Å². The highest BCUT2D eigenvalue weighted by molar-refractivity contribution is 7.17. The lowest BCUT2D eigenvalue weighted by atomic mass is 9.85. The number of anilines is 1. The van der Waals surface area contributed by atoms with E-state index < -0.39 is 5.97 Å². The van der Waals surface area contributed by atoms with E-state index in [9.17, 15) is 9.59 Å². The topological polar surface area (TPSA) is 98.7 Å². The van der Waals surface area contributed by atoms with Gasteiger partial charge in [-0.3, -0.25) is 4.79 Å². The Morgan fingerprint density at radius 2 is 2.21 bits per heavy atom. The van der Waals surface area contributed by atoms with Crippen molar-refractivity contribution in [2.75, 3.05) is 11.9 Å². The van der Waals surface area contributed by atoms with E-state index in [-0.39, 0.29) is 12.5 Å². The van der Waals surface area contributed by atoms with Crippen LogP contribution in [0.15, 0.2) is 41.3 Å². The van der Waals surface area contributed by atoms with Gasteiger partial charge in [-0.05, 0) is 55.9 Å². The number of carbonyl (C=O) groups excluding carboxylic acids is 2. The number of hydrogen-bond acceptors (Lipinski definition) is 7. The maximum Gasteiger partial charge on any atom is 0.341 e.